The number of nitrogens with zero attached hydrogens (tertiary/aromatic N) is 2. The lowest BCUT2D eigenvalue weighted by molar-refractivity contribution is -0.120. The number of aromatic nitrogens is 1. The van der Waals surface area contributed by atoms with Gasteiger partial charge in [0.15, 0.2) is 5.78 Å². The largest absolute Gasteiger partial charge is 0.448 e. The van der Waals surface area contributed by atoms with Crippen molar-refractivity contribution in [1.29, 1.82) is 0 Å². The molecular weight excluding hydrogens is 382 g/mol. The number of hydrogen-bond acceptors (Lipinski definition) is 4. The average molecular weight is 409 g/mol. The van der Waals surface area contributed by atoms with Crippen molar-refractivity contribution in [3.05, 3.63) is 58.4 Å². The number of Topliss-reactive ketones (excluding diaryl/α,β-unsaturated/α-hetero) is 1. The van der Waals surface area contributed by atoms with Gasteiger partial charge in [-0.1, -0.05) is 30.3 Å². The summed E-state index contributed by atoms with van der Waals surface area (Å²) in [5.41, 5.74) is 4.79. The number of fused-ring (bicyclic) bond motifs is 1. The smallest absolute Gasteiger partial charge is 0.409 e. The molecule has 2 aromatic rings. The highest BCUT2D eigenvalue weighted by molar-refractivity contribution is 6.01. The molecule has 30 heavy (non-hydrogen) atoms. The third-order valence-corrected chi connectivity index (χ3v) is 5.92. The van der Waals surface area contributed by atoms with E-state index in [1.807, 2.05) is 25.1 Å². The molecule has 2 heterocycles. The third-order valence-electron chi connectivity index (χ3n) is 5.92. The maximum Gasteiger partial charge on any atom is 0.409 e. The number of rotatable bonds is 7. The van der Waals surface area contributed by atoms with Crippen LogP contribution in [0.4, 0.5) is 4.79 Å². The molecule has 0 atom stereocenters. The van der Waals surface area contributed by atoms with Gasteiger partial charge in [-0.25, -0.2) is 4.79 Å². The number of cyclic esters (lactones) is 1. The van der Waals surface area contributed by atoms with Gasteiger partial charge in [0.25, 0.3) is 0 Å². The van der Waals surface area contributed by atoms with E-state index in [2.05, 4.69) is 22.0 Å². The first-order chi connectivity index (χ1) is 14.5. The molecule has 4 rings (SSSR count). The van der Waals surface area contributed by atoms with E-state index in [1.54, 1.807) is 4.90 Å². The zero-order chi connectivity index (χ0) is 21.1. The molecule has 0 spiro atoms. The molecule has 0 bridgehead atoms. The Balaban J connectivity index is 1.50. The van der Waals surface area contributed by atoms with Crippen molar-refractivity contribution < 1.29 is 19.1 Å². The van der Waals surface area contributed by atoms with Crippen molar-refractivity contribution in [1.82, 2.24) is 14.8 Å². The van der Waals surface area contributed by atoms with Crippen LogP contribution in [0.5, 0.6) is 0 Å². The van der Waals surface area contributed by atoms with Gasteiger partial charge in [0.05, 0.1) is 13.0 Å². The van der Waals surface area contributed by atoms with Gasteiger partial charge in [-0.2, -0.15) is 0 Å². The van der Waals surface area contributed by atoms with E-state index in [0.717, 1.165) is 35.4 Å². The minimum atomic E-state index is -0.335. The van der Waals surface area contributed by atoms with Gasteiger partial charge in [0, 0.05) is 43.0 Å². The predicted octanol–water partition coefficient (Wildman–Crippen LogP) is 2.47. The minimum absolute atomic E-state index is 0.133. The summed E-state index contributed by atoms with van der Waals surface area (Å²) in [6.45, 7) is 4.44. The van der Waals surface area contributed by atoms with Crippen LogP contribution in [0.25, 0.3) is 0 Å². The topological polar surface area (TPSA) is 80.6 Å². The van der Waals surface area contributed by atoms with Gasteiger partial charge in [-0.15, -0.1) is 0 Å². The Kier molecular flexibility index (Phi) is 5.88. The SMILES string of the molecule is Cc1c(CC(=O)NCCN2CCOC2=O)c2c(n1Cc1ccccc1)CCCC2=O. The Morgan fingerprint density at radius 1 is 1.17 bits per heavy atom. The fraction of sp³-hybridized carbons (Fsp3) is 0.435. The van der Waals surface area contributed by atoms with Crippen molar-refractivity contribution >= 4 is 17.8 Å². The zero-order valence-electron chi connectivity index (χ0n) is 17.3. The van der Waals surface area contributed by atoms with Crippen molar-refractivity contribution in [2.24, 2.45) is 0 Å². The van der Waals surface area contributed by atoms with E-state index in [1.165, 1.54) is 5.56 Å². The molecule has 2 aliphatic rings. The van der Waals surface area contributed by atoms with Crippen LogP contribution in [0.2, 0.25) is 0 Å². The molecule has 1 N–H and O–H groups in total. The van der Waals surface area contributed by atoms with Gasteiger partial charge in [-0.3, -0.25) is 9.59 Å². The molecule has 0 radical (unpaired) electrons. The fourth-order valence-corrected chi connectivity index (χ4v) is 4.36. The van der Waals surface area contributed by atoms with Crippen LogP contribution in [0.15, 0.2) is 30.3 Å². The first-order valence-electron chi connectivity index (χ1n) is 10.5. The van der Waals surface area contributed by atoms with E-state index in [4.69, 9.17) is 4.74 Å². The van der Waals surface area contributed by atoms with Crippen LogP contribution in [0, 0.1) is 6.92 Å². The monoisotopic (exact) mass is 409 g/mol. The lowest BCUT2D eigenvalue weighted by atomic mass is 9.92. The fourth-order valence-electron chi connectivity index (χ4n) is 4.36. The summed E-state index contributed by atoms with van der Waals surface area (Å²) in [5.74, 6) is -0.00234. The maximum atomic E-state index is 12.7. The maximum absolute atomic E-state index is 12.7. The Hall–Kier alpha value is -3.09. The molecule has 1 fully saturated rings. The number of nitrogens with one attached hydrogen (secondary N) is 1. The molecular formula is C23H27N3O4. The molecule has 2 amide bonds. The van der Waals surface area contributed by atoms with E-state index in [9.17, 15) is 14.4 Å². The molecule has 158 valence electrons. The van der Waals surface area contributed by atoms with E-state index in [-0.39, 0.29) is 24.2 Å². The highest BCUT2D eigenvalue weighted by Gasteiger charge is 2.29. The van der Waals surface area contributed by atoms with Crippen LogP contribution in [-0.2, 0) is 28.9 Å². The molecule has 1 aliphatic heterocycles. The standard InChI is InChI=1S/C23H27N3O4/c1-16-18(14-21(28)24-10-11-25-12-13-30-23(25)29)22-19(8-5-9-20(22)27)26(16)15-17-6-3-2-4-7-17/h2-4,6-7H,5,8-15H2,1H3,(H,24,28). The van der Waals surface area contributed by atoms with Crippen LogP contribution in [-0.4, -0.2) is 53.5 Å². The van der Waals surface area contributed by atoms with Crippen LogP contribution in [0.1, 0.15) is 45.7 Å². The first kappa shape index (κ1) is 20.2. The number of ether oxygens (including phenoxy) is 1. The highest BCUT2D eigenvalue weighted by atomic mass is 16.6. The summed E-state index contributed by atoms with van der Waals surface area (Å²) in [5, 5.41) is 2.88. The van der Waals surface area contributed by atoms with E-state index >= 15 is 0 Å². The highest BCUT2D eigenvalue weighted by Crippen LogP contribution is 2.31. The minimum Gasteiger partial charge on any atom is -0.448 e. The van der Waals surface area contributed by atoms with Gasteiger partial charge in [-0.05, 0) is 30.9 Å². The normalized spacial score (nSPS) is 15.8. The van der Waals surface area contributed by atoms with Gasteiger partial charge < -0.3 is 19.5 Å². The zero-order valence-corrected chi connectivity index (χ0v) is 17.3. The molecule has 1 saturated heterocycles. The summed E-state index contributed by atoms with van der Waals surface area (Å²) >= 11 is 0. The van der Waals surface area contributed by atoms with Gasteiger partial charge >= 0.3 is 6.09 Å². The van der Waals surface area contributed by atoms with Crippen LogP contribution < -0.4 is 5.32 Å². The van der Waals surface area contributed by atoms with Gasteiger partial charge in [0.2, 0.25) is 5.91 Å². The quantitative estimate of drug-likeness (QED) is 0.762. The second kappa shape index (κ2) is 8.73. The van der Waals surface area contributed by atoms with Crippen LogP contribution in [0.3, 0.4) is 0 Å². The number of carbonyl (C=O) groups excluding carboxylic acids is 3. The summed E-state index contributed by atoms with van der Waals surface area (Å²) < 4.78 is 7.09. The van der Waals surface area contributed by atoms with Crippen LogP contribution >= 0.6 is 0 Å². The lowest BCUT2D eigenvalue weighted by Crippen LogP contribution is -2.36. The lowest BCUT2D eigenvalue weighted by Gasteiger charge is -2.16. The summed E-state index contributed by atoms with van der Waals surface area (Å²) in [4.78, 5) is 38.4. The van der Waals surface area contributed by atoms with E-state index < -0.39 is 0 Å². The first-order valence-corrected chi connectivity index (χ1v) is 10.5. The Bertz CT molecular complexity index is 965. The Morgan fingerprint density at radius 3 is 2.70 bits per heavy atom. The number of hydrogen-bond donors (Lipinski definition) is 1. The number of benzene rings is 1. The van der Waals surface area contributed by atoms with Crippen molar-refractivity contribution in [2.45, 2.75) is 39.2 Å². The molecule has 7 heteroatoms. The van der Waals surface area contributed by atoms with Crippen molar-refractivity contribution in [2.75, 3.05) is 26.2 Å². The Labute approximate surface area is 176 Å². The van der Waals surface area contributed by atoms with Crippen molar-refractivity contribution in [3.63, 3.8) is 0 Å². The second-order valence-corrected chi connectivity index (χ2v) is 7.86. The summed E-state index contributed by atoms with van der Waals surface area (Å²) in [7, 11) is 0. The molecule has 1 aromatic heterocycles. The average Bonchev–Trinajstić information content (AvgIpc) is 3.26. The van der Waals surface area contributed by atoms with Crippen molar-refractivity contribution in [3.8, 4) is 0 Å². The number of amides is 2. The Morgan fingerprint density at radius 2 is 1.97 bits per heavy atom. The second-order valence-electron chi connectivity index (χ2n) is 7.86. The van der Waals surface area contributed by atoms with E-state index in [0.29, 0.717) is 39.2 Å². The van der Waals surface area contributed by atoms with Gasteiger partial charge in [0.1, 0.15) is 6.61 Å². The number of ketones is 1. The molecule has 1 aliphatic carbocycles. The number of carbonyl (C=O) groups is 3. The summed E-state index contributed by atoms with van der Waals surface area (Å²) in [6, 6.07) is 10.2. The summed E-state index contributed by atoms with van der Waals surface area (Å²) in [6.07, 6.45) is 2.08. The molecule has 7 nitrogen and oxygen atoms in total. The predicted molar refractivity (Wildman–Crippen MR) is 112 cm³/mol. The third kappa shape index (κ3) is 4.10. The molecule has 0 saturated carbocycles. The molecule has 0 unspecified atom stereocenters. The molecule has 1 aromatic carbocycles.